The Bertz CT molecular complexity index is 757. The molecule has 6 heteroatoms. The molecule has 0 saturated heterocycles. The van der Waals surface area contributed by atoms with Crippen LogP contribution in [0.25, 0.3) is 0 Å². The van der Waals surface area contributed by atoms with Crippen LogP contribution in [0.4, 0.5) is 0 Å². The van der Waals surface area contributed by atoms with Crippen LogP contribution >= 0.6 is 11.6 Å². The Kier molecular flexibility index (Phi) is 3.60. The summed E-state index contributed by atoms with van der Waals surface area (Å²) in [6.07, 6.45) is 1.79. The molecule has 23 heavy (non-hydrogen) atoms. The smallest absolute Gasteiger partial charge is 0.226 e. The summed E-state index contributed by atoms with van der Waals surface area (Å²) in [5, 5.41) is 9.17. The maximum atomic E-state index is 12.8. The van der Waals surface area contributed by atoms with Gasteiger partial charge in [-0.2, -0.15) is 0 Å². The van der Waals surface area contributed by atoms with E-state index in [1.165, 1.54) is 5.56 Å². The Balaban J connectivity index is 1.45. The number of hydrogen-bond donors (Lipinski definition) is 0. The summed E-state index contributed by atoms with van der Waals surface area (Å²) < 4.78 is 2.14. The molecule has 0 N–H and O–H groups in total. The first kappa shape index (κ1) is 14.7. The number of amides is 1. The molecule has 4 rings (SSSR count). The Labute approximate surface area is 140 Å². The van der Waals surface area contributed by atoms with E-state index in [1.54, 1.807) is 0 Å². The lowest BCUT2D eigenvalue weighted by molar-refractivity contribution is -0.134. The fourth-order valence-corrected chi connectivity index (χ4v) is 3.67. The van der Waals surface area contributed by atoms with E-state index in [9.17, 15) is 4.79 Å². The fraction of sp³-hybridized carbons (Fsp3) is 0.471. The Morgan fingerprint density at radius 1 is 1.35 bits per heavy atom. The Hall–Kier alpha value is -1.88. The van der Waals surface area contributed by atoms with Crippen molar-refractivity contribution in [3.05, 3.63) is 46.5 Å². The van der Waals surface area contributed by atoms with E-state index in [-0.39, 0.29) is 11.8 Å². The van der Waals surface area contributed by atoms with Gasteiger partial charge in [0.05, 0.1) is 6.54 Å². The number of aryl methyl sites for hydroxylation is 1. The summed E-state index contributed by atoms with van der Waals surface area (Å²) in [5.74, 6) is 2.56. The molecule has 5 nitrogen and oxygen atoms in total. The highest BCUT2D eigenvalue weighted by molar-refractivity contribution is 6.30. The van der Waals surface area contributed by atoms with Gasteiger partial charge in [-0.1, -0.05) is 30.7 Å². The van der Waals surface area contributed by atoms with Gasteiger partial charge >= 0.3 is 0 Å². The number of rotatable bonds is 3. The maximum Gasteiger partial charge on any atom is 0.226 e. The zero-order valence-corrected chi connectivity index (χ0v) is 13.8. The third-order valence-electron chi connectivity index (χ3n) is 4.84. The van der Waals surface area contributed by atoms with Gasteiger partial charge in [-0.25, -0.2) is 0 Å². The van der Waals surface area contributed by atoms with Crippen LogP contribution in [0.5, 0.6) is 0 Å². The van der Waals surface area contributed by atoms with Crippen molar-refractivity contribution < 1.29 is 4.79 Å². The van der Waals surface area contributed by atoms with E-state index in [4.69, 9.17) is 11.6 Å². The minimum absolute atomic E-state index is 0.0913. The van der Waals surface area contributed by atoms with Crippen LogP contribution < -0.4 is 0 Å². The molecule has 1 saturated carbocycles. The van der Waals surface area contributed by atoms with Gasteiger partial charge in [-0.15, -0.1) is 10.2 Å². The van der Waals surface area contributed by atoms with Crippen LogP contribution in [-0.4, -0.2) is 32.1 Å². The number of fused-ring (bicyclic) bond motifs is 1. The predicted molar refractivity (Wildman–Crippen MR) is 87.1 cm³/mol. The van der Waals surface area contributed by atoms with E-state index < -0.39 is 0 Å². The number of nitrogens with zero attached hydrogens (tertiary/aromatic N) is 4. The van der Waals surface area contributed by atoms with Crippen LogP contribution in [0.1, 0.15) is 36.5 Å². The van der Waals surface area contributed by atoms with E-state index in [2.05, 4.69) is 27.8 Å². The molecule has 0 bridgehead atoms. The average molecular weight is 331 g/mol. The van der Waals surface area contributed by atoms with Crippen LogP contribution in [0.2, 0.25) is 5.02 Å². The molecule has 2 aromatic rings. The molecule has 0 unspecified atom stereocenters. The number of benzene rings is 1. The topological polar surface area (TPSA) is 51.0 Å². The van der Waals surface area contributed by atoms with Crippen LogP contribution in [0, 0.1) is 5.92 Å². The highest BCUT2D eigenvalue weighted by Gasteiger charge is 2.46. The highest BCUT2D eigenvalue weighted by atomic mass is 35.5. The number of aromatic nitrogens is 3. The Morgan fingerprint density at radius 2 is 2.22 bits per heavy atom. The second-order valence-electron chi connectivity index (χ2n) is 6.30. The van der Waals surface area contributed by atoms with Crippen molar-refractivity contribution in [2.75, 3.05) is 6.54 Å². The second kappa shape index (κ2) is 5.64. The van der Waals surface area contributed by atoms with Crippen molar-refractivity contribution in [2.45, 2.75) is 38.8 Å². The number of halogens is 1. The van der Waals surface area contributed by atoms with Crippen molar-refractivity contribution in [3.63, 3.8) is 0 Å². The summed E-state index contributed by atoms with van der Waals surface area (Å²) in [5.41, 5.74) is 1.17. The van der Waals surface area contributed by atoms with Crippen molar-refractivity contribution in [3.8, 4) is 0 Å². The highest BCUT2D eigenvalue weighted by Crippen LogP contribution is 2.49. The average Bonchev–Trinajstić information content (AvgIpc) is 3.26. The number of carbonyl (C=O) groups excluding carboxylic acids is 1. The van der Waals surface area contributed by atoms with Gasteiger partial charge in [-0.3, -0.25) is 4.79 Å². The van der Waals surface area contributed by atoms with Crippen molar-refractivity contribution in [1.29, 1.82) is 0 Å². The van der Waals surface area contributed by atoms with E-state index >= 15 is 0 Å². The Morgan fingerprint density at radius 3 is 3.00 bits per heavy atom. The molecular formula is C17H19ClN4O. The molecule has 2 heterocycles. The van der Waals surface area contributed by atoms with Crippen LogP contribution in [-0.2, 0) is 24.3 Å². The minimum atomic E-state index is 0.0913. The first-order valence-corrected chi connectivity index (χ1v) is 8.50. The quantitative estimate of drug-likeness (QED) is 0.869. The van der Waals surface area contributed by atoms with Crippen molar-refractivity contribution in [2.24, 2.45) is 5.92 Å². The van der Waals surface area contributed by atoms with Gasteiger partial charge in [0.2, 0.25) is 5.91 Å². The lowest BCUT2D eigenvalue weighted by Gasteiger charge is -2.28. The monoisotopic (exact) mass is 330 g/mol. The van der Waals surface area contributed by atoms with Crippen molar-refractivity contribution in [1.82, 2.24) is 19.7 Å². The summed E-state index contributed by atoms with van der Waals surface area (Å²) in [7, 11) is 0. The third kappa shape index (κ3) is 2.63. The zero-order chi connectivity index (χ0) is 16.0. The van der Waals surface area contributed by atoms with Crippen LogP contribution in [0.15, 0.2) is 24.3 Å². The summed E-state index contributed by atoms with van der Waals surface area (Å²) in [6.45, 7) is 4.20. The first-order valence-electron chi connectivity index (χ1n) is 8.12. The van der Waals surface area contributed by atoms with Gasteiger partial charge < -0.3 is 9.47 Å². The second-order valence-corrected chi connectivity index (χ2v) is 6.74. The standard InChI is InChI=1S/C17H19ClN4O/c1-2-15-19-20-16-10-21(6-7-22(15)16)17(23)14-9-13(14)11-4-3-5-12(18)8-11/h3-5,8,13-14H,2,6-7,9-10H2,1H3/t13-,14+/m0/s1. The van der Waals surface area contributed by atoms with Gasteiger partial charge in [0.25, 0.3) is 0 Å². The molecule has 1 amide bonds. The largest absolute Gasteiger partial charge is 0.333 e. The molecule has 2 atom stereocenters. The number of carbonyl (C=O) groups is 1. The molecule has 0 spiro atoms. The SMILES string of the molecule is CCc1nnc2n1CCN(C(=O)[C@@H]1C[C@H]1c1cccc(Cl)c1)C2. The normalized spacial score (nSPS) is 22.8. The summed E-state index contributed by atoms with van der Waals surface area (Å²) in [6, 6.07) is 7.85. The van der Waals surface area contributed by atoms with E-state index in [1.807, 2.05) is 23.1 Å². The maximum absolute atomic E-state index is 12.8. The molecule has 1 aromatic heterocycles. The van der Waals surface area contributed by atoms with Crippen LogP contribution in [0.3, 0.4) is 0 Å². The molecule has 1 aliphatic heterocycles. The van der Waals surface area contributed by atoms with Gasteiger partial charge in [0, 0.05) is 30.5 Å². The summed E-state index contributed by atoms with van der Waals surface area (Å²) in [4.78, 5) is 14.7. The van der Waals surface area contributed by atoms with E-state index in [0.717, 1.165) is 42.6 Å². The molecule has 1 fully saturated rings. The van der Waals surface area contributed by atoms with Gasteiger partial charge in [0.1, 0.15) is 5.82 Å². The number of hydrogen-bond acceptors (Lipinski definition) is 3. The molecule has 120 valence electrons. The zero-order valence-electron chi connectivity index (χ0n) is 13.1. The third-order valence-corrected chi connectivity index (χ3v) is 5.08. The molecule has 1 aliphatic carbocycles. The van der Waals surface area contributed by atoms with Gasteiger partial charge in [-0.05, 0) is 30.0 Å². The summed E-state index contributed by atoms with van der Waals surface area (Å²) >= 11 is 6.05. The predicted octanol–water partition coefficient (Wildman–Crippen LogP) is 2.64. The minimum Gasteiger partial charge on any atom is -0.333 e. The molecule has 1 aromatic carbocycles. The van der Waals surface area contributed by atoms with Crippen molar-refractivity contribution >= 4 is 17.5 Å². The fourth-order valence-electron chi connectivity index (χ4n) is 3.48. The molecule has 0 radical (unpaired) electrons. The lowest BCUT2D eigenvalue weighted by Crippen LogP contribution is -2.39. The first-order chi connectivity index (χ1) is 11.2. The molecular weight excluding hydrogens is 312 g/mol. The lowest BCUT2D eigenvalue weighted by atomic mass is 10.1. The molecule has 2 aliphatic rings. The van der Waals surface area contributed by atoms with Gasteiger partial charge in [0.15, 0.2) is 5.82 Å². The van der Waals surface area contributed by atoms with E-state index in [0.29, 0.717) is 12.5 Å².